The maximum absolute atomic E-state index is 14.5. The van der Waals surface area contributed by atoms with E-state index in [1.807, 2.05) is 12.3 Å². The van der Waals surface area contributed by atoms with E-state index >= 15 is 0 Å². The number of piperidine rings is 1. The van der Waals surface area contributed by atoms with Gasteiger partial charge in [0.15, 0.2) is 11.5 Å². The standard InChI is InChI=1S/C24H28FN7O2/c1-14-4-3-9-32(13-14)20-7-8-28-12-19(20)30-24(34)21-18(26)11-29-22(31-21)16-10-15(23(33)27-2)5-6-17(16)25/h5-8,10-11,14,28H,3-4,9,12-13,26H2,1-2H3,(H,27,33)(H,30,34)/t14-/m0/s1. The lowest BCUT2D eigenvalue weighted by molar-refractivity contribution is 0.0952. The molecular formula is C24H28FN7O2. The van der Waals surface area contributed by atoms with Crippen molar-refractivity contribution in [3.63, 3.8) is 0 Å². The average Bonchev–Trinajstić information content (AvgIpc) is 2.84. The highest BCUT2D eigenvalue weighted by molar-refractivity contribution is 5.99. The Bertz CT molecular complexity index is 1180. The summed E-state index contributed by atoms with van der Waals surface area (Å²) < 4.78 is 14.5. The first-order valence-corrected chi connectivity index (χ1v) is 11.2. The predicted octanol–water partition coefficient (Wildman–Crippen LogP) is 2.01. The highest BCUT2D eigenvalue weighted by atomic mass is 19.1. The highest BCUT2D eigenvalue weighted by Gasteiger charge is 2.24. The number of anilines is 1. The number of amides is 2. The molecule has 34 heavy (non-hydrogen) atoms. The van der Waals surface area contributed by atoms with E-state index in [1.165, 1.54) is 31.8 Å². The number of aromatic nitrogens is 2. The van der Waals surface area contributed by atoms with Gasteiger partial charge in [-0.15, -0.1) is 0 Å². The number of hydrogen-bond donors (Lipinski definition) is 4. The summed E-state index contributed by atoms with van der Waals surface area (Å²) in [4.78, 5) is 35.7. The number of nitrogens with one attached hydrogen (secondary N) is 3. The summed E-state index contributed by atoms with van der Waals surface area (Å²) in [7, 11) is 1.48. The van der Waals surface area contributed by atoms with Crippen molar-refractivity contribution in [2.24, 2.45) is 5.92 Å². The van der Waals surface area contributed by atoms with E-state index in [0.717, 1.165) is 31.3 Å². The number of allylic oxidation sites excluding steroid dienone is 1. The summed E-state index contributed by atoms with van der Waals surface area (Å²) in [6.07, 6.45) is 7.36. The fraction of sp³-hybridized carbons (Fsp3) is 0.333. The summed E-state index contributed by atoms with van der Waals surface area (Å²) in [5, 5.41) is 8.54. The number of halogens is 1. The van der Waals surface area contributed by atoms with Crippen LogP contribution in [0.25, 0.3) is 11.4 Å². The maximum atomic E-state index is 14.5. The normalized spacial score (nSPS) is 17.9. The van der Waals surface area contributed by atoms with Crippen LogP contribution in [0, 0.1) is 11.7 Å². The number of likely N-dealkylation sites (tertiary alicyclic amines) is 1. The molecule has 1 fully saturated rings. The minimum Gasteiger partial charge on any atom is -0.396 e. The molecule has 1 atom stereocenters. The third-order valence-electron chi connectivity index (χ3n) is 5.94. The second kappa shape index (κ2) is 9.90. The Hall–Kier alpha value is -3.95. The fourth-order valence-corrected chi connectivity index (χ4v) is 4.18. The minimum atomic E-state index is -0.616. The van der Waals surface area contributed by atoms with Crippen LogP contribution in [0.5, 0.6) is 0 Å². The van der Waals surface area contributed by atoms with Crippen molar-refractivity contribution in [1.29, 1.82) is 0 Å². The predicted molar refractivity (Wildman–Crippen MR) is 127 cm³/mol. The number of nitrogen functional groups attached to an aromatic ring is 1. The number of benzene rings is 1. The first kappa shape index (κ1) is 23.2. The van der Waals surface area contributed by atoms with Gasteiger partial charge in [0.05, 0.1) is 35.4 Å². The molecule has 4 rings (SSSR count). The minimum absolute atomic E-state index is 0.000347. The van der Waals surface area contributed by atoms with E-state index in [-0.39, 0.29) is 34.2 Å². The van der Waals surface area contributed by atoms with Crippen LogP contribution in [0.1, 0.15) is 40.6 Å². The molecule has 0 saturated carbocycles. The third kappa shape index (κ3) is 4.85. The number of carbonyl (C=O) groups is 2. The van der Waals surface area contributed by atoms with Crippen LogP contribution < -0.4 is 21.7 Å². The van der Waals surface area contributed by atoms with Crippen molar-refractivity contribution in [3.05, 3.63) is 65.1 Å². The Kier molecular flexibility index (Phi) is 6.76. The quantitative estimate of drug-likeness (QED) is 0.532. The molecule has 2 aromatic rings. The topological polar surface area (TPSA) is 125 Å². The van der Waals surface area contributed by atoms with Crippen LogP contribution in [0.2, 0.25) is 0 Å². The molecule has 1 aromatic heterocycles. The van der Waals surface area contributed by atoms with Crippen molar-refractivity contribution < 1.29 is 14.0 Å². The highest BCUT2D eigenvalue weighted by Crippen LogP contribution is 2.25. The SMILES string of the molecule is CNC(=O)c1ccc(F)c(-c2ncc(N)c(C(=O)NC3=C(N4CCC[C@H](C)C4)C=CNC3)n2)c1. The van der Waals surface area contributed by atoms with Gasteiger partial charge in [-0.1, -0.05) is 6.92 Å². The first-order chi connectivity index (χ1) is 16.4. The van der Waals surface area contributed by atoms with E-state index in [2.05, 4.69) is 37.7 Å². The van der Waals surface area contributed by atoms with Crippen molar-refractivity contribution in [2.75, 3.05) is 32.4 Å². The van der Waals surface area contributed by atoms with E-state index in [9.17, 15) is 14.0 Å². The van der Waals surface area contributed by atoms with Gasteiger partial charge in [-0.2, -0.15) is 0 Å². The second-order valence-corrected chi connectivity index (χ2v) is 8.50. The monoisotopic (exact) mass is 465 g/mol. The second-order valence-electron chi connectivity index (χ2n) is 8.50. The van der Waals surface area contributed by atoms with Gasteiger partial charge in [-0.3, -0.25) is 9.59 Å². The van der Waals surface area contributed by atoms with Crippen LogP contribution in [0.3, 0.4) is 0 Å². The molecular weight excluding hydrogens is 437 g/mol. The molecule has 5 N–H and O–H groups in total. The molecule has 1 saturated heterocycles. The van der Waals surface area contributed by atoms with Gasteiger partial charge < -0.3 is 26.6 Å². The lowest BCUT2D eigenvalue weighted by atomic mass is 9.99. The van der Waals surface area contributed by atoms with Crippen LogP contribution in [0.15, 0.2) is 48.1 Å². The average molecular weight is 466 g/mol. The number of dihydropyridines is 1. The molecule has 9 nitrogen and oxygen atoms in total. The van der Waals surface area contributed by atoms with Gasteiger partial charge >= 0.3 is 0 Å². The molecule has 0 spiro atoms. The first-order valence-electron chi connectivity index (χ1n) is 11.2. The van der Waals surface area contributed by atoms with Crippen molar-refractivity contribution in [1.82, 2.24) is 30.8 Å². The Morgan fingerprint density at radius 2 is 2.12 bits per heavy atom. The van der Waals surface area contributed by atoms with E-state index in [0.29, 0.717) is 18.2 Å². The van der Waals surface area contributed by atoms with Crippen molar-refractivity contribution in [3.8, 4) is 11.4 Å². The molecule has 178 valence electrons. The summed E-state index contributed by atoms with van der Waals surface area (Å²) in [6, 6.07) is 3.87. The molecule has 0 bridgehead atoms. The largest absolute Gasteiger partial charge is 0.396 e. The molecule has 2 aliphatic heterocycles. The van der Waals surface area contributed by atoms with Gasteiger partial charge in [0.2, 0.25) is 0 Å². The molecule has 2 amide bonds. The lowest BCUT2D eigenvalue weighted by Crippen LogP contribution is -2.40. The van der Waals surface area contributed by atoms with Crippen molar-refractivity contribution >= 4 is 17.5 Å². The van der Waals surface area contributed by atoms with Gasteiger partial charge in [0.25, 0.3) is 11.8 Å². The number of carbonyl (C=O) groups excluding carboxylic acids is 2. The Balaban J connectivity index is 1.64. The maximum Gasteiger partial charge on any atom is 0.276 e. The fourth-order valence-electron chi connectivity index (χ4n) is 4.18. The molecule has 3 heterocycles. The van der Waals surface area contributed by atoms with Gasteiger partial charge in [0.1, 0.15) is 5.82 Å². The zero-order valence-corrected chi connectivity index (χ0v) is 19.2. The molecule has 2 aliphatic rings. The molecule has 0 radical (unpaired) electrons. The summed E-state index contributed by atoms with van der Waals surface area (Å²) in [5.74, 6) is -0.974. The van der Waals surface area contributed by atoms with Crippen LogP contribution in [-0.4, -0.2) is 53.4 Å². The smallest absolute Gasteiger partial charge is 0.276 e. The zero-order valence-electron chi connectivity index (χ0n) is 19.2. The lowest BCUT2D eigenvalue weighted by Gasteiger charge is -2.36. The van der Waals surface area contributed by atoms with Gasteiger partial charge in [-0.25, -0.2) is 14.4 Å². The van der Waals surface area contributed by atoms with Crippen LogP contribution in [0.4, 0.5) is 10.1 Å². The van der Waals surface area contributed by atoms with E-state index in [1.54, 1.807) is 0 Å². The Labute approximate surface area is 197 Å². The van der Waals surface area contributed by atoms with Gasteiger partial charge in [0, 0.05) is 25.7 Å². The zero-order chi connectivity index (χ0) is 24.2. The van der Waals surface area contributed by atoms with Gasteiger partial charge in [-0.05, 0) is 49.2 Å². The molecule has 10 heteroatoms. The van der Waals surface area contributed by atoms with Crippen LogP contribution >= 0.6 is 0 Å². The number of nitrogens with zero attached hydrogens (tertiary/aromatic N) is 3. The Morgan fingerprint density at radius 3 is 2.88 bits per heavy atom. The third-order valence-corrected chi connectivity index (χ3v) is 5.94. The Morgan fingerprint density at radius 1 is 1.29 bits per heavy atom. The van der Waals surface area contributed by atoms with Crippen molar-refractivity contribution in [2.45, 2.75) is 19.8 Å². The number of rotatable bonds is 5. The van der Waals surface area contributed by atoms with E-state index in [4.69, 9.17) is 5.73 Å². The summed E-state index contributed by atoms with van der Waals surface area (Å²) in [5.41, 5.74) is 7.92. The number of hydrogen-bond acceptors (Lipinski definition) is 7. The summed E-state index contributed by atoms with van der Waals surface area (Å²) in [6.45, 7) is 4.50. The van der Waals surface area contributed by atoms with Crippen LogP contribution in [-0.2, 0) is 0 Å². The molecule has 1 aromatic carbocycles. The number of nitrogens with two attached hydrogens (primary N) is 1. The molecule has 0 aliphatic carbocycles. The molecule has 0 unspecified atom stereocenters. The summed E-state index contributed by atoms with van der Waals surface area (Å²) >= 11 is 0. The van der Waals surface area contributed by atoms with E-state index < -0.39 is 11.7 Å².